The van der Waals surface area contributed by atoms with Gasteiger partial charge in [-0.1, -0.05) is 6.08 Å². The van der Waals surface area contributed by atoms with Crippen molar-refractivity contribution in [2.24, 2.45) is 5.92 Å². The van der Waals surface area contributed by atoms with E-state index < -0.39 is 12.0 Å². The average Bonchev–Trinajstić information content (AvgIpc) is 3.09. The fourth-order valence-corrected chi connectivity index (χ4v) is 2.98. The monoisotopic (exact) mass is 365 g/mol. The SMILES string of the molecule is C=CCN1C(=O)c2ccc(C(=O)NCC3CNCC3O)cc2C1=O.Cl. The Bertz CT molecular complexity index is 722. The molecule has 0 aliphatic carbocycles. The molecule has 134 valence electrons. The van der Waals surface area contributed by atoms with E-state index >= 15 is 0 Å². The van der Waals surface area contributed by atoms with E-state index in [0.717, 1.165) is 4.90 Å². The van der Waals surface area contributed by atoms with Gasteiger partial charge in [-0.25, -0.2) is 0 Å². The highest BCUT2D eigenvalue weighted by molar-refractivity contribution is 6.22. The molecule has 3 N–H and O–H groups in total. The highest BCUT2D eigenvalue weighted by Gasteiger charge is 2.35. The van der Waals surface area contributed by atoms with Crippen LogP contribution in [-0.4, -0.2) is 60.0 Å². The lowest BCUT2D eigenvalue weighted by molar-refractivity contribution is 0.0671. The fourth-order valence-electron chi connectivity index (χ4n) is 2.98. The number of amides is 3. The van der Waals surface area contributed by atoms with Gasteiger partial charge in [0.05, 0.1) is 17.2 Å². The number of aliphatic hydroxyl groups is 1. The van der Waals surface area contributed by atoms with Gasteiger partial charge in [-0.3, -0.25) is 19.3 Å². The maximum atomic E-state index is 12.3. The number of aliphatic hydroxyl groups excluding tert-OH is 1. The lowest BCUT2D eigenvalue weighted by Gasteiger charge is -2.14. The third kappa shape index (κ3) is 3.58. The molecule has 0 saturated carbocycles. The molecule has 0 aromatic heterocycles. The van der Waals surface area contributed by atoms with Gasteiger partial charge in [0.25, 0.3) is 17.7 Å². The highest BCUT2D eigenvalue weighted by atomic mass is 35.5. The third-order valence-corrected chi connectivity index (χ3v) is 4.37. The molecule has 1 aromatic carbocycles. The number of β-amino-alcohol motifs (C(OH)–C–C–N with tert-alkyl or cyclic N) is 1. The number of nitrogens with zero attached hydrogens (tertiary/aromatic N) is 1. The molecule has 2 atom stereocenters. The van der Waals surface area contributed by atoms with Gasteiger partial charge in [-0.2, -0.15) is 0 Å². The normalized spacial score (nSPS) is 21.7. The Balaban J connectivity index is 0.00000225. The van der Waals surface area contributed by atoms with E-state index in [9.17, 15) is 19.5 Å². The molecular weight excluding hydrogens is 346 g/mol. The molecule has 3 amide bonds. The molecule has 3 rings (SSSR count). The van der Waals surface area contributed by atoms with Crippen LogP contribution in [0.5, 0.6) is 0 Å². The van der Waals surface area contributed by atoms with Crippen LogP contribution in [0.1, 0.15) is 31.1 Å². The maximum Gasteiger partial charge on any atom is 0.261 e. The standard InChI is InChI=1S/C17H19N3O4.ClH/c1-2-5-20-16(23)12-4-3-10(6-13(12)17(20)24)15(22)19-8-11-7-18-9-14(11)21;/h2-4,6,11,14,18,21H,1,5,7-9H2,(H,19,22);1H. The Kier molecular flexibility index (Phi) is 5.94. The summed E-state index contributed by atoms with van der Waals surface area (Å²) in [5.41, 5.74) is 0.849. The summed E-state index contributed by atoms with van der Waals surface area (Å²) >= 11 is 0. The van der Waals surface area contributed by atoms with Crippen LogP contribution in [0, 0.1) is 5.92 Å². The smallest absolute Gasteiger partial charge is 0.261 e. The van der Waals surface area contributed by atoms with Crippen LogP contribution in [0.2, 0.25) is 0 Å². The Morgan fingerprint density at radius 1 is 1.32 bits per heavy atom. The second kappa shape index (κ2) is 7.77. The summed E-state index contributed by atoms with van der Waals surface area (Å²) in [6, 6.07) is 4.47. The first-order chi connectivity index (χ1) is 11.5. The summed E-state index contributed by atoms with van der Waals surface area (Å²) in [5.74, 6) is -1.16. The Labute approximate surface area is 151 Å². The zero-order valence-electron chi connectivity index (χ0n) is 13.5. The first-order valence-corrected chi connectivity index (χ1v) is 7.81. The predicted octanol–water partition coefficient (Wildman–Crippen LogP) is 0.201. The van der Waals surface area contributed by atoms with Crippen molar-refractivity contribution in [3.05, 3.63) is 47.5 Å². The largest absolute Gasteiger partial charge is 0.391 e. The molecule has 1 saturated heterocycles. The fraction of sp³-hybridized carbons (Fsp3) is 0.353. The van der Waals surface area contributed by atoms with E-state index in [-0.39, 0.29) is 42.2 Å². The van der Waals surface area contributed by atoms with Crippen LogP contribution in [0.4, 0.5) is 0 Å². The number of carbonyl (C=O) groups excluding carboxylic acids is 3. The Morgan fingerprint density at radius 2 is 2.04 bits per heavy atom. The first-order valence-electron chi connectivity index (χ1n) is 7.81. The van der Waals surface area contributed by atoms with Gasteiger partial charge in [0.2, 0.25) is 0 Å². The van der Waals surface area contributed by atoms with Crippen molar-refractivity contribution in [1.82, 2.24) is 15.5 Å². The van der Waals surface area contributed by atoms with Crippen molar-refractivity contribution < 1.29 is 19.5 Å². The Hall–Kier alpha value is -2.22. The van der Waals surface area contributed by atoms with Crippen molar-refractivity contribution >= 4 is 30.1 Å². The number of hydrogen-bond acceptors (Lipinski definition) is 5. The second-order valence-electron chi connectivity index (χ2n) is 5.97. The van der Waals surface area contributed by atoms with E-state index in [1.54, 1.807) is 0 Å². The van der Waals surface area contributed by atoms with Gasteiger partial charge in [0.1, 0.15) is 0 Å². The number of nitrogens with one attached hydrogen (secondary N) is 2. The summed E-state index contributed by atoms with van der Waals surface area (Å²) in [5, 5.41) is 15.5. The van der Waals surface area contributed by atoms with E-state index in [4.69, 9.17) is 0 Å². The van der Waals surface area contributed by atoms with E-state index in [2.05, 4.69) is 17.2 Å². The minimum absolute atomic E-state index is 0. The summed E-state index contributed by atoms with van der Waals surface area (Å²) in [4.78, 5) is 37.8. The van der Waals surface area contributed by atoms with Crippen molar-refractivity contribution in [3.63, 3.8) is 0 Å². The van der Waals surface area contributed by atoms with Crippen LogP contribution in [0.15, 0.2) is 30.9 Å². The van der Waals surface area contributed by atoms with E-state index in [0.29, 0.717) is 30.8 Å². The predicted molar refractivity (Wildman–Crippen MR) is 94.0 cm³/mol. The van der Waals surface area contributed by atoms with Gasteiger partial charge in [-0.05, 0) is 18.2 Å². The molecule has 1 fully saturated rings. The number of hydrogen-bond donors (Lipinski definition) is 3. The molecule has 8 heteroatoms. The van der Waals surface area contributed by atoms with Crippen LogP contribution in [-0.2, 0) is 0 Å². The number of imide groups is 1. The van der Waals surface area contributed by atoms with Gasteiger partial charge in [0, 0.05) is 37.7 Å². The van der Waals surface area contributed by atoms with Gasteiger partial charge >= 0.3 is 0 Å². The minimum Gasteiger partial charge on any atom is -0.391 e. The number of benzene rings is 1. The number of halogens is 1. The quantitative estimate of drug-likeness (QED) is 0.511. The highest BCUT2D eigenvalue weighted by Crippen LogP contribution is 2.24. The van der Waals surface area contributed by atoms with Crippen LogP contribution >= 0.6 is 12.4 Å². The first kappa shape index (κ1) is 19.1. The molecule has 7 nitrogen and oxygen atoms in total. The zero-order chi connectivity index (χ0) is 17.3. The molecule has 0 spiro atoms. The van der Waals surface area contributed by atoms with Crippen molar-refractivity contribution in [2.45, 2.75) is 6.10 Å². The molecule has 2 aliphatic rings. The molecule has 25 heavy (non-hydrogen) atoms. The lowest BCUT2D eigenvalue weighted by atomic mass is 10.0. The van der Waals surface area contributed by atoms with Gasteiger partial charge in [0.15, 0.2) is 0 Å². The molecule has 0 radical (unpaired) electrons. The van der Waals surface area contributed by atoms with Gasteiger partial charge in [-0.15, -0.1) is 19.0 Å². The number of carbonyl (C=O) groups is 3. The maximum absolute atomic E-state index is 12.3. The lowest BCUT2D eigenvalue weighted by Crippen LogP contribution is -2.34. The van der Waals surface area contributed by atoms with Crippen LogP contribution in [0.25, 0.3) is 0 Å². The number of fused-ring (bicyclic) bond motifs is 1. The molecule has 1 aromatic rings. The van der Waals surface area contributed by atoms with Crippen LogP contribution in [0.3, 0.4) is 0 Å². The summed E-state index contributed by atoms with van der Waals surface area (Å²) < 4.78 is 0. The Morgan fingerprint density at radius 3 is 2.68 bits per heavy atom. The minimum atomic E-state index is -0.475. The van der Waals surface area contributed by atoms with Crippen molar-refractivity contribution in [2.75, 3.05) is 26.2 Å². The number of rotatable bonds is 5. The summed E-state index contributed by atoms with van der Waals surface area (Å²) in [6.45, 7) is 5.19. The topological polar surface area (TPSA) is 98.7 Å². The van der Waals surface area contributed by atoms with Crippen molar-refractivity contribution in [3.8, 4) is 0 Å². The third-order valence-electron chi connectivity index (χ3n) is 4.37. The molecule has 2 heterocycles. The molecule has 0 bridgehead atoms. The molecular formula is C17H20ClN3O4. The van der Waals surface area contributed by atoms with E-state index in [1.807, 2.05) is 0 Å². The van der Waals surface area contributed by atoms with Crippen LogP contribution < -0.4 is 10.6 Å². The zero-order valence-corrected chi connectivity index (χ0v) is 14.3. The summed E-state index contributed by atoms with van der Waals surface area (Å²) in [6.07, 6.45) is 1.01. The van der Waals surface area contributed by atoms with Crippen molar-refractivity contribution in [1.29, 1.82) is 0 Å². The second-order valence-corrected chi connectivity index (χ2v) is 5.97. The van der Waals surface area contributed by atoms with Gasteiger partial charge < -0.3 is 15.7 Å². The average molecular weight is 366 g/mol. The summed E-state index contributed by atoms with van der Waals surface area (Å²) in [7, 11) is 0. The van der Waals surface area contributed by atoms with E-state index in [1.165, 1.54) is 24.3 Å². The molecule has 2 aliphatic heterocycles. The molecule has 2 unspecified atom stereocenters.